The lowest BCUT2D eigenvalue weighted by Gasteiger charge is -2.15. The molecule has 0 spiro atoms. The molecule has 0 atom stereocenters. The molecule has 0 N–H and O–H groups in total. The third-order valence-corrected chi connectivity index (χ3v) is 4.54. The lowest BCUT2D eigenvalue weighted by molar-refractivity contribution is 0.0771. The highest BCUT2D eigenvalue weighted by atomic mass is 32.2. The van der Waals surface area contributed by atoms with E-state index in [0.717, 1.165) is 17.6 Å². The van der Waals surface area contributed by atoms with Gasteiger partial charge < -0.3 is 4.90 Å². The van der Waals surface area contributed by atoms with Crippen molar-refractivity contribution in [3.8, 4) is 0 Å². The summed E-state index contributed by atoms with van der Waals surface area (Å²) in [7, 11) is -3.38. The first-order valence-electron chi connectivity index (χ1n) is 4.73. The van der Waals surface area contributed by atoms with Crippen molar-refractivity contribution < 1.29 is 13.2 Å². The van der Waals surface area contributed by atoms with Gasteiger partial charge in [0, 0.05) is 19.3 Å². The molecule has 1 heterocycles. The molecular weight excluding hydrogens is 250 g/mol. The summed E-state index contributed by atoms with van der Waals surface area (Å²) < 4.78 is 22.2. The largest absolute Gasteiger partial charge is 0.337 e. The number of amides is 1. The SMILES string of the molecule is CCN(CC)C(=O)c1nnc(S(C)(=O)=O)s1. The van der Waals surface area contributed by atoms with Crippen molar-refractivity contribution in [2.24, 2.45) is 0 Å². The zero-order chi connectivity index (χ0) is 12.3. The summed E-state index contributed by atoms with van der Waals surface area (Å²) in [6.07, 6.45) is 1.04. The zero-order valence-corrected chi connectivity index (χ0v) is 10.9. The van der Waals surface area contributed by atoms with Crippen molar-refractivity contribution in [3.63, 3.8) is 0 Å². The van der Waals surface area contributed by atoms with Gasteiger partial charge in [0.15, 0.2) is 0 Å². The average Bonchev–Trinajstić information content (AvgIpc) is 2.67. The fourth-order valence-electron chi connectivity index (χ4n) is 1.09. The summed E-state index contributed by atoms with van der Waals surface area (Å²) in [4.78, 5) is 13.3. The van der Waals surface area contributed by atoms with Crippen LogP contribution in [0.2, 0.25) is 0 Å². The molecule has 16 heavy (non-hydrogen) atoms. The van der Waals surface area contributed by atoms with Crippen LogP contribution in [0.25, 0.3) is 0 Å². The maximum absolute atomic E-state index is 11.8. The second-order valence-electron chi connectivity index (χ2n) is 3.12. The van der Waals surface area contributed by atoms with Gasteiger partial charge in [-0.25, -0.2) is 8.42 Å². The molecule has 0 unspecified atom stereocenters. The van der Waals surface area contributed by atoms with E-state index in [0.29, 0.717) is 13.1 Å². The van der Waals surface area contributed by atoms with E-state index in [9.17, 15) is 13.2 Å². The molecule has 1 rings (SSSR count). The smallest absolute Gasteiger partial charge is 0.284 e. The summed E-state index contributed by atoms with van der Waals surface area (Å²) >= 11 is 0.806. The Morgan fingerprint density at radius 3 is 2.25 bits per heavy atom. The minimum atomic E-state index is -3.38. The van der Waals surface area contributed by atoms with Gasteiger partial charge in [0.2, 0.25) is 19.2 Å². The minimum absolute atomic E-state index is 0.115. The van der Waals surface area contributed by atoms with Crippen LogP contribution in [0.5, 0.6) is 0 Å². The number of rotatable bonds is 4. The minimum Gasteiger partial charge on any atom is -0.337 e. The van der Waals surface area contributed by atoms with E-state index >= 15 is 0 Å². The highest BCUT2D eigenvalue weighted by Crippen LogP contribution is 2.16. The second kappa shape index (κ2) is 4.88. The van der Waals surface area contributed by atoms with Gasteiger partial charge in [-0.15, -0.1) is 10.2 Å². The molecule has 0 aromatic carbocycles. The predicted octanol–water partition coefficient (Wildman–Crippen LogP) is 0.424. The van der Waals surface area contributed by atoms with E-state index in [1.165, 1.54) is 0 Å². The first-order chi connectivity index (χ1) is 7.40. The standard InChI is InChI=1S/C8H13N3O3S2/c1-4-11(5-2)7(12)6-9-10-8(15-6)16(3,13)14/h4-5H2,1-3H3. The molecule has 1 amide bonds. The molecule has 0 saturated carbocycles. The molecule has 1 aromatic rings. The van der Waals surface area contributed by atoms with Crippen molar-refractivity contribution in [1.29, 1.82) is 0 Å². The van der Waals surface area contributed by atoms with Gasteiger partial charge in [-0.1, -0.05) is 11.3 Å². The second-order valence-corrected chi connectivity index (χ2v) is 6.29. The number of hydrogen-bond donors (Lipinski definition) is 0. The number of carbonyl (C=O) groups is 1. The monoisotopic (exact) mass is 263 g/mol. The van der Waals surface area contributed by atoms with Crippen molar-refractivity contribution in [2.75, 3.05) is 19.3 Å². The molecule has 0 aliphatic carbocycles. The van der Waals surface area contributed by atoms with Gasteiger partial charge in [-0.3, -0.25) is 4.79 Å². The summed E-state index contributed by atoms with van der Waals surface area (Å²) in [5.41, 5.74) is 0. The molecule has 0 radical (unpaired) electrons. The van der Waals surface area contributed by atoms with Crippen molar-refractivity contribution in [2.45, 2.75) is 18.2 Å². The van der Waals surface area contributed by atoms with E-state index in [1.807, 2.05) is 13.8 Å². The fourth-order valence-corrected chi connectivity index (χ4v) is 2.67. The summed E-state index contributed by atoms with van der Waals surface area (Å²) in [6.45, 7) is 4.81. The Morgan fingerprint density at radius 1 is 1.31 bits per heavy atom. The third kappa shape index (κ3) is 2.76. The maximum atomic E-state index is 11.8. The highest BCUT2D eigenvalue weighted by molar-refractivity contribution is 7.92. The number of hydrogen-bond acceptors (Lipinski definition) is 6. The van der Waals surface area contributed by atoms with Crippen molar-refractivity contribution in [3.05, 3.63) is 5.01 Å². The molecule has 90 valence electrons. The summed E-state index contributed by atoms with van der Waals surface area (Å²) in [5.74, 6) is -0.280. The Hall–Kier alpha value is -1.02. The Bertz CT molecular complexity index is 476. The number of aromatic nitrogens is 2. The van der Waals surface area contributed by atoms with Crippen LogP contribution in [-0.4, -0.2) is 48.8 Å². The Labute approximate surface area is 98.2 Å². The summed E-state index contributed by atoms with van der Waals surface area (Å²) in [5, 5.41) is 7.21. The van der Waals surface area contributed by atoms with E-state index in [4.69, 9.17) is 0 Å². The molecule has 6 nitrogen and oxygen atoms in total. The molecule has 0 fully saturated rings. The van der Waals surface area contributed by atoms with Crippen LogP contribution in [0.3, 0.4) is 0 Å². The number of carbonyl (C=O) groups excluding carboxylic acids is 1. The molecule has 1 aromatic heterocycles. The molecule has 0 bridgehead atoms. The number of sulfone groups is 1. The van der Waals surface area contributed by atoms with Crippen LogP contribution in [0.15, 0.2) is 4.34 Å². The van der Waals surface area contributed by atoms with Crippen molar-refractivity contribution in [1.82, 2.24) is 15.1 Å². The summed E-state index contributed by atoms with van der Waals surface area (Å²) in [6, 6.07) is 0. The van der Waals surface area contributed by atoms with Gasteiger partial charge in [-0.2, -0.15) is 0 Å². The quantitative estimate of drug-likeness (QED) is 0.786. The molecule has 0 aliphatic heterocycles. The molecule has 8 heteroatoms. The van der Waals surface area contributed by atoms with Crippen LogP contribution in [0.1, 0.15) is 23.6 Å². The maximum Gasteiger partial charge on any atom is 0.284 e. The highest BCUT2D eigenvalue weighted by Gasteiger charge is 2.21. The van der Waals surface area contributed by atoms with Gasteiger partial charge in [0.05, 0.1) is 0 Å². The number of nitrogens with zero attached hydrogens (tertiary/aromatic N) is 3. The molecule has 0 aliphatic rings. The topological polar surface area (TPSA) is 80.2 Å². The van der Waals surface area contributed by atoms with Crippen LogP contribution >= 0.6 is 11.3 Å². The van der Waals surface area contributed by atoms with Gasteiger partial charge in [0.1, 0.15) is 0 Å². The Balaban J connectivity index is 2.99. The molecular formula is C8H13N3O3S2. The van der Waals surface area contributed by atoms with Crippen LogP contribution in [0, 0.1) is 0 Å². The Kier molecular flexibility index (Phi) is 3.98. The normalized spacial score (nSPS) is 11.4. The van der Waals surface area contributed by atoms with Gasteiger partial charge >= 0.3 is 0 Å². The van der Waals surface area contributed by atoms with Crippen molar-refractivity contribution >= 4 is 27.1 Å². The first kappa shape index (κ1) is 13.0. The van der Waals surface area contributed by atoms with Gasteiger partial charge in [0.25, 0.3) is 5.91 Å². The van der Waals surface area contributed by atoms with Crippen LogP contribution in [-0.2, 0) is 9.84 Å². The third-order valence-electron chi connectivity index (χ3n) is 1.96. The first-order valence-corrected chi connectivity index (χ1v) is 7.43. The van der Waals surface area contributed by atoms with E-state index in [2.05, 4.69) is 10.2 Å². The van der Waals surface area contributed by atoms with E-state index < -0.39 is 9.84 Å². The zero-order valence-electron chi connectivity index (χ0n) is 9.30. The average molecular weight is 263 g/mol. The van der Waals surface area contributed by atoms with E-state index in [-0.39, 0.29) is 15.3 Å². The van der Waals surface area contributed by atoms with Gasteiger partial charge in [-0.05, 0) is 13.8 Å². The lowest BCUT2D eigenvalue weighted by Crippen LogP contribution is -2.30. The van der Waals surface area contributed by atoms with Crippen LogP contribution in [0.4, 0.5) is 0 Å². The Morgan fingerprint density at radius 2 is 1.88 bits per heavy atom. The molecule has 0 saturated heterocycles. The lowest BCUT2D eigenvalue weighted by atomic mass is 10.5. The van der Waals surface area contributed by atoms with Crippen LogP contribution < -0.4 is 0 Å². The van der Waals surface area contributed by atoms with E-state index in [1.54, 1.807) is 4.90 Å². The fraction of sp³-hybridized carbons (Fsp3) is 0.625. The predicted molar refractivity (Wildman–Crippen MR) is 60.3 cm³/mol.